The topological polar surface area (TPSA) is 72.0 Å². The van der Waals surface area contributed by atoms with Gasteiger partial charge in [0.15, 0.2) is 0 Å². The molecule has 0 aliphatic heterocycles. The van der Waals surface area contributed by atoms with Crippen molar-refractivity contribution in [2.45, 2.75) is 12.8 Å². The van der Waals surface area contributed by atoms with Gasteiger partial charge in [0.1, 0.15) is 5.82 Å². The smallest absolute Gasteiger partial charge is 0.230 e. The fourth-order valence-corrected chi connectivity index (χ4v) is 1.95. The molecule has 5 heteroatoms. The lowest BCUT2D eigenvalue weighted by Crippen LogP contribution is -2.02. The number of aromatic nitrogens is 4. The number of aromatic amines is 1. The average molecular weight is 215 g/mol. The summed E-state index contributed by atoms with van der Waals surface area (Å²) >= 11 is 0. The highest BCUT2D eigenvalue weighted by molar-refractivity contribution is 5.79. The van der Waals surface area contributed by atoms with Crippen LogP contribution in [0.25, 0.3) is 16.8 Å². The Bertz CT molecular complexity index is 621. The molecule has 16 heavy (non-hydrogen) atoms. The van der Waals surface area contributed by atoms with E-state index in [4.69, 9.17) is 5.73 Å². The summed E-state index contributed by atoms with van der Waals surface area (Å²) in [4.78, 5) is 4.46. The molecule has 2 aromatic heterocycles. The zero-order valence-electron chi connectivity index (χ0n) is 8.85. The molecule has 0 aliphatic carbocycles. The van der Waals surface area contributed by atoms with E-state index in [9.17, 15) is 0 Å². The monoisotopic (exact) mass is 215 g/mol. The molecule has 0 atom stereocenters. The van der Waals surface area contributed by atoms with Crippen LogP contribution in [-0.4, -0.2) is 26.1 Å². The number of para-hydroxylation sites is 2. The highest BCUT2D eigenvalue weighted by Crippen LogP contribution is 2.16. The van der Waals surface area contributed by atoms with Crippen LogP contribution >= 0.6 is 0 Å². The van der Waals surface area contributed by atoms with Gasteiger partial charge in [-0.2, -0.15) is 5.10 Å². The number of hydrogen-bond donors (Lipinski definition) is 2. The lowest BCUT2D eigenvalue weighted by atomic mass is 10.3. The fourth-order valence-electron chi connectivity index (χ4n) is 1.95. The highest BCUT2D eigenvalue weighted by atomic mass is 15.3. The van der Waals surface area contributed by atoms with Crippen molar-refractivity contribution in [2.75, 3.05) is 6.54 Å². The van der Waals surface area contributed by atoms with Gasteiger partial charge < -0.3 is 5.73 Å². The summed E-state index contributed by atoms with van der Waals surface area (Å²) in [6.45, 7) is 0.682. The Morgan fingerprint density at radius 3 is 3.06 bits per heavy atom. The van der Waals surface area contributed by atoms with Crippen molar-refractivity contribution in [3.63, 3.8) is 0 Å². The predicted molar refractivity (Wildman–Crippen MR) is 62.2 cm³/mol. The van der Waals surface area contributed by atoms with Crippen LogP contribution in [0, 0.1) is 0 Å². The molecule has 0 amide bonds. The van der Waals surface area contributed by atoms with E-state index in [1.807, 2.05) is 18.2 Å². The van der Waals surface area contributed by atoms with Gasteiger partial charge in [0.25, 0.3) is 0 Å². The summed E-state index contributed by atoms with van der Waals surface area (Å²) in [5.41, 5.74) is 7.60. The molecule has 0 saturated carbocycles. The van der Waals surface area contributed by atoms with Gasteiger partial charge in [0, 0.05) is 6.42 Å². The maximum Gasteiger partial charge on any atom is 0.230 e. The second kappa shape index (κ2) is 3.61. The first kappa shape index (κ1) is 9.35. The van der Waals surface area contributed by atoms with Gasteiger partial charge >= 0.3 is 0 Å². The van der Waals surface area contributed by atoms with E-state index < -0.39 is 0 Å². The van der Waals surface area contributed by atoms with Crippen LogP contribution in [0.2, 0.25) is 0 Å². The Hall–Kier alpha value is -1.88. The van der Waals surface area contributed by atoms with E-state index >= 15 is 0 Å². The molecular formula is C11H13N5. The second-order valence-electron chi connectivity index (χ2n) is 3.79. The lowest BCUT2D eigenvalue weighted by molar-refractivity contribution is 0.775. The lowest BCUT2D eigenvalue weighted by Gasteiger charge is -1.96. The summed E-state index contributed by atoms with van der Waals surface area (Å²) in [6, 6.07) is 8.05. The highest BCUT2D eigenvalue weighted by Gasteiger charge is 2.10. The zero-order chi connectivity index (χ0) is 11.0. The third-order valence-corrected chi connectivity index (χ3v) is 2.71. The molecule has 82 valence electrons. The minimum absolute atomic E-state index is 0.682. The third-order valence-electron chi connectivity index (χ3n) is 2.71. The van der Waals surface area contributed by atoms with Crippen molar-refractivity contribution in [1.82, 2.24) is 19.6 Å². The molecular weight excluding hydrogens is 202 g/mol. The van der Waals surface area contributed by atoms with Crippen LogP contribution in [0.5, 0.6) is 0 Å². The molecule has 0 fully saturated rings. The molecule has 0 radical (unpaired) electrons. The first-order valence-corrected chi connectivity index (χ1v) is 5.40. The Morgan fingerprint density at radius 2 is 2.19 bits per heavy atom. The fraction of sp³-hybridized carbons (Fsp3) is 0.273. The van der Waals surface area contributed by atoms with Crippen LogP contribution in [0.3, 0.4) is 0 Å². The molecule has 5 nitrogen and oxygen atoms in total. The first-order chi connectivity index (χ1) is 7.90. The van der Waals surface area contributed by atoms with Gasteiger partial charge in [-0.1, -0.05) is 12.1 Å². The van der Waals surface area contributed by atoms with E-state index in [1.54, 1.807) is 0 Å². The summed E-state index contributed by atoms with van der Waals surface area (Å²) in [6.07, 6.45) is 1.81. The van der Waals surface area contributed by atoms with E-state index in [2.05, 4.69) is 25.6 Å². The maximum atomic E-state index is 5.51. The number of H-pyrrole nitrogens is 1. The number of benzene rings is 1. The average Bonchev–Trinajstić information content (AvgIpc) is 2.85. The minimum atomic E-state index is 0.682. The predicted octanol–water partition coefficient (Wildman–Crippen LogP) is 1.10. The zero-order valence-corrected chi connectivity index (χ0v) is 8.85. The number of aryl methyl sites for hydroxylation is 1. The van der Waals surface area contributed by atoms with Crippen molar-refractivity contribution in [3.8, 4) is 0 Å². The Labute approximate surface area is 92.3 Å². The van der Waals surface area contributed by atoms with Gasteiger partial charge in [0.2, 0.25) is 5.78 Å². The third kappa shape index (κ3) is 1.29. The number of nitrogens with two attached hydrogens (primary N) is 1. The molecule has 3 rings (SSSR count). The molecule has 0 aliphatic rings. The Balaban J connectivity index is 2.22. The number of nitrogens with one attached hydrogen (secondary N) is 1. The maximum absolute atomic E-state index is 5.51. The van der Waals surface area contributed by atoms with Crippen LogP contribution in [0.4, 0.5) is 0 Å². The number of hydrogen-bond acceptors (Lipinski definition) is 3. The molecule has 3 aromatic rings. The van der Waals surface area contributed by atoms with E-state index in [1.165, 1.54) is 0 Å². The van der Waals surface area contributed by atoms with Crippen molar-refractivity contribution in [2.24, 2.45) is 5.73 Å². The number of nitrogens with zero attached hydrogens (tertiary/aromatic N) is 3. The minimum Gasteiger partial charge on any atom is -0.330 e. The van der Waals surface area contributed by atoms with Crippen LogP contribution in [0.1, 0.15) is 12.2 Å². The van der Waals surface area contributed by atoms with E-state index in [-0.39, 0.29) is 0 Å². The quantitative estimate of drug-likeness (QED) is 0.687. The molecule has 0 unspecified atom stereocenters. The van der Waals surface area contributed by atoms with Crippen molar-refractivity contribution < 1.29 is 0 Å². The molecule has 0 saturated heterocycles. The number of fused-ring (bicyclic) bond motifs is 3. The van der Waals surface area contributed by atoms with Crippen molar-refractivity contribution in [1.29, 1.82) is 0 Å². The summed E-state index contributed by atoms with van der Waals surface area (Å²) in [5, 5.41) is 7.21. The standard InChI is InChI=1S/C11H13N5/c12-7-3-6-10-14-15-11-13-8-4-1-2-5-9(8)16(10)11/h1-2,4-5H,3,6-7,12H2,(H,13,15). The summed E-state index contributed by atoms with van der Waals surface area (Å²) in [5.74, 6) is 1.79. The van der Waals surface area contributed by atoms with E-state index in [0.717, 1.165) is 35.5 Å². The normalized spacial score (nSPS) is 11.6. The molecule has 0 bridgehead atoms. The SMILES string of the molecule is NCCCc1n[nH]c2nc3ccccc3n12. The summed E-state index contributed by atoms with van der Waals surface area (Å²) in [7, 11) is 0. The van der Waals surface area contributed by atoms with Gasteiger partial charge in [-0.15, -0.1) is 0 Å². The van der Waals surface area contributed by atoms with Crippen LogP contribution < -0.4 is 5.73 Å². The Morgan fingerprint density at radius 1 is 1.31 bits per heavy atom. The van der Waals surface area contributed by atoms with Crippen LogP contribution in [-0.2, 0) is 6.42 Å². The van der Waals surface area contributed by atoms with Crippen molar-refractivity contribution in [3.05, 3.63) is 30.1 Å². The summed E-state index contributed by atoms with van der Waals surface area (Å²) < 4.78 is 2.06. The number of rotatable bonds is 3. The van der Waals surface area contributed by atoms with Gasteiger partial charge in [0.05, 0.1) is 11.0 Å². The second-order valence-corrected chi connectivity index (χ2v) is 3.79. The van der Waals surface area contributed by atoms with Gasteiger partial charge in [-0.3, -0.25) is 4.40 Å². The Kier molecular flexibility index (Phi) is 2.11. The van der Waals surface area contributed by atoms with Gasteiger partial charge in [-0.25, -0.2) is 10.1 Å². The van der Waals surface area contributed by atoms with Crippen LogP contribution in [0.15, 0.2) is 24.3 Å². The molecule has 0 spiro atoms. The van der Waals surface area contributed by atoms with Gasteiger partial charge in [-0.05, 0) is 25.1 Å². The van der Waals surface area contributed by atoms with Crippen molar-refractivity contribution >= 4 is 16.8 Å². The molecule has 1 aromatic carbocycles. The largest absolute Gasteiger partial charge is 0.330 e. The molecule has 3 N–H and O–H groups in total. The first-order valence-electron chi connectivity index (χ1n) is 5.40. The molecule has 2 heterocycles. The van der Waals surface area contributed by atoms with E-state index in [0.29, 0.717) is 6.54 Å². The number of imidazole rings is 1.